The van der Waals surface area contributed by atoms with Crippen LogP contribution in [0.1, 0.15) is 42.6 Å². The standard InChI is InChI=1S/C19H22ClN7O3/c1-10-22-23-17-12(20)7-11(8-26(10)17)15-14(16(21)28)13-9-25(5-6-27(13)24-15)18(29)30-19(2,3)4/h7-8H,5-6,9H2,1-4H3,(H2,21,28). The lowest BCUT2D eigenvalue weighted by atomic mass is 10.1. The van der Waals surface area contributed by atoms with E-state index in [1.165, 1.54) is 0 Å². The Hall–Kier alpha value is -3.14. The van der Waals surface area contributed by atoms with Gasteiger partial charge in [-0.1, -0.05) is 11.6 Å². The summed E-state index contributed by atoms with van der Waals surface area (Å²) in [5.74, 6) is 0.0171. The molecular formula is C19H22ClN7O3. The summed E-state index contributed by atoms with van der Waals surface area (Å²) in [6, 6.07) is 1.68. The third-order valence-corrected chi connectivity index (χ3v) is 5.06. The maximum atomic E-state index is 12.5. The van der Waals surface area contributed by atoms with Gasteiger partial charge < -0.3 is 15.4 Å². The molecule has 1 aliphatic rings. The minimum atomic E-state index is -0.631. The summed E-state index contributed by atoms with van der Waals surface area (Å²) < 4.78 is 8.89. The highest BCUT2D eigenvalue weighted by atomic mass is 35.5. The van der Waals surface area contributed by atoms with E-state index in [0.717, 1.165) is 0 Å². The van der Waals surface area contributed by atoms with Crippen LogP contribution >= 0.6 is 11.6 Å². The molecule has 158 valence electrons. The number of rotatable bonds is 2. The number of hydrogen-bond donors (Lipinski definition) is 1. The van der Waals surface area contributed by atoms with Gasteiger partial charge in [-0.15, -0.1) is 10.2 Å². The molecule has 0 bridgehead atoms. The van der Waals surface area contributed by atoms with Crippen LogP contribution in [-0.2, 0) is 17.8 Å². The second kappa shape index (κ2) is 6.98. The highest BCUT2D eigenvalue weighted by Crippen LogP contribution is 2.31. The van der Waals surface area contributed by atoms with E-state index in [9.17, 15) is 9.59 Å². The largest absolute Gasteiger partial charge is 0.444 e. The smallest absolute Gasteiger partial charge is 0.410 e. The summed E-state index contributed by atoms with van der Waals surface area (Å²) in [4.78, 5) is 26.4. The minimum absolute atomic E-state index is 0.168. The van der Waals surface area contributed by atoms with Crippen molar-refractivity contribution in [1.82, 2.24) is 29.3 Å². The first-order chi connectivity index (χ1) is 14.0. The zero-order chi connectivity index (χ0) is 21.8. The lowest BCUT2D eigenvalue weighted by Crippen LogP contribution is -2.42. The molecular weight excluding hydrogens is 410 g/mol. The van der Waals surface area contributed by atoms with Crippen molar-refractivity contribution < 1.29 is 14.3 Å². The molecule has 0 unspecified atom stereocenters. The van der Waals surface area contributed by atoms with Crippen molar-refractivity contribution in [2.45, 2.75) is 46.4 Å². The van der Waals surface area contributed by atoms with E-state index < -0.39 is 17.6 Å². The molecule has 4 heterocycles. The van der Waals surface area contributed by atoms with Gasteiger partial charge in [0.2, 0.25) is 0 Å². The number of nitrogens with zero attached hydrogens (tertiary/aromatic N) is 6. The van der Waals surface area contributed by atoms with Gasteiger partial charge in [0.1, 0.15) is 17.1 Å². The molecule has 0 saturated heterocycles. The number of pyridine rings is 1. The van der Waals surface area contributed by atoms with Crippen LogP contribution in [0.3, 0.4) is 0 Å². The molecule has 0 aliphatic carbocycles. The molecule has 0 aromatic carbocycles. The first-order valence-electron chi connectivity index (χ1n) is 9.44. The van der Waals surface area contributed by atoms with Crippen molar-refractivity contribution in [3.63, 3.8) is 0 Å². The van der Waals surface area contributed by atoms with E-state index in [4.69, 9.17) is 22.1 Å². The van der Waals surface area contributed by atoms with E-state index in [1.807, 2.05) is 0 Å². The normalized spacial score (nSPS) is 14.1. The first kappa shape index (κ1) is 20.1. The van der Waals surface area contributed by atoms with Crippen LogP contribution in [0.15, 0.2) is 12.3 Å². The van der Waals surface area contributed by atoms with Crippen molar-refractivity contribution in [3.05, 3.63) is 34.4 Å². The van der Waals surface area contributed by atoms with E-state index in [0.29, 0.717) is 46.5 Å². The third-order valence-electron chi connectivity index (χ3n) is 4.78. The summed E-state index contributed by atoms with van der Waals surface area (Å²) in [7, 11) is 0. The predicted octanol–water partition coefficient (Wildman–Crippen LogP) is 2.40. The van der Waals surface area contributed by atoms with Crippen LogP contribution in [0, 0.1) is 6.92 Å². The van der Waals surface area contributed by atoms with E-state index in [-0.39, 0.29) is 12.1 Å². The zero-order valence-corrected chi connectivity index (χ0v) is 17.9. The highest BCUT2D eigenvalue weighted by molar-refractivity contribution is 6.33. The van der Waals surface area contributed by atoms with Gasteiger partial charge in [-0.2, -0.15) is 5.10 Å². The molecule has 4 rings (SSSR count). The van der Waals surface area contributed by atoms with Crippen LogP contribution in [0.2, 0.25) is 5.02 Å². The molecule has 3 aromatic rings. The summed E-state index contributed by atoms with van der Waals surface area (Å²) >= 11 is 6.37. The average molecular weight is 432 g/mol. The van der Waals surface area contributed by atoms with Gasteiger partial charge in [-0.25, -0.2) is 4.79 Å². The summed E-state index contributed by atoms with van der Waals surface area (Å²) in [5.41, 5.74) is 7.43. The monoisotopic (exact) mass is 431 g/mol. The van der Waals surface area contributed by atoms with Crippen molar-refractivity contribution in [3.8, 4) is 11.3 Å². The quantitative estimate of drug-likeness (QED) is 0.665. The van der Waals surface area contributed by atoms with Gasteiger partial charge >= 0.3 is 6.09 Å². The molecule has 2 N–H and O–H groups in total. The topological polar surface area (TPSA) is 121 Å². The Morgan fingerprint density at radius 2 is 1.97 bits per heavy atom. The van der Waals surface area contributed by atoms with Crippen LogP contribution in [0.4, 0.5) is 4.79 Å². The van der Waals surface area contributed by atoms with Gasteiger partial charge in [-0.05, 0) is 33.8 Å². The Bertz CT molecular complexity index is 1180. The van der Waals surface area contributed by atoms with Crippen molar-refractivity contribution in [2.24, 2.45) is 5.73 Å². The number of aryl methyl sites for hydroxylation is 1. The molecule has 0 radical (unpaired) electrons. The summed E-state index contributed by atoms with van der Waals surface area (Å²) in [5, 5.41) is 13.0. The highest BCUT2D eigenvalue weighted by Gasteiger charge is 2.32. The number of hydrogen-bond acceptors (Lipinski definition) is 6. The maximum Gasteiger partial charge on any atom is 0.410 e. The molecule has 0 atom stereocenters. The number of halogens is 1. The SMILES string of the molecule is Cc1nnc2c(Cl)cc(-c3nn4c(c3C(N)=O)CN(C(=O)OC(C)(C)C)CC4)cn12. The number of fused-ring (bicyclic) bond motifs is 2. The number of carbonyl (C=O) groups is 2. The van der Waals surface area contributed by atoms with Crippen LogP contribution in [0.5, 0.6) is 0 Å². The van der Waals surface area contributed by atoms with Crippen molar-refractivity contribution in [2.75, 3.05) is 6.54 Å². The Morgan fingerprint density at radius 3 is 2.63 bits per heavy atom. The van der Waals surface area contributed by atoms with Crippen LogP contribution in [0.25, 0.3) is 16.9 Å². The molecule has 2 amide bonds. The van der Waals surface area contributed by atoms with Gasteiger partial charge in [0.25, 0.3) is 5.91 Å². The molecule has 1 aliphatic heterocycles. The van der Waals surface area contributed by atoms with Crippen LogP contribution < -0.4 is 5.73 Å². The van der Waals surface area contributed by atoms with Crippen LogP contribution in [-0.4, -0.2) is 53.4 Å². The molecule has 10 nitrogen and oxygen atoms in total. The lowest BCUT2D eigenvalue weighted by Gasteiger charge is -2.30. The van der Waals surface area contributed by atoms with Gasteiger partial charge in [0.15, 0.2) is 5.65 Å². The number of ether oxygens (including phenoxy) is 1. The van der Waals surface area contributed by atoms with Crippen molar-refractivity contribution >= 4 is 29.2 Å². The van der Waals surface area contributed by atoms with Gasteiger partial charge in [0.05, 0.1) is 29.4 Å². The Morgan fingerprint density at radius 1 is 1.23 bits per heavy atom. The minimum Gasteiger partial charge on any atom is -0.444 e. The fourth-order valence-electron chi connectivity index (χ4n) is 3.45. The van der Waals surface area contributed by atoms with Crippen molar-refractivity contribution in [1.29, 1.82) is 0 Å². The third kappa shape index (κ3) is 3.47. The number of nitrogens with two attached hydrogens (primary N) is 1. The Kier molecular flexibility index (Phi) is 4.69. The lowest BCUT2D eigenvalue weighted by molar-refractivity contribution is 0.0193. The number of carbonyl (C=O) groups excluding carboxylic acids is 2. The molecule has 3 aromatic heterocycles. The molecule has 0 saturated carbocycles. The fourth-order valence-corrected chi connectivity index (χ4v) is 3.70. The van der Waals surface area contributed by atoms with E-state index in [1.54, 1.807) is 53.9 Å². The zero-order valence-electron chi connectivity index (χ0n) is 17.1. The molecule has 11 heteroatoms. The molecule has 0 spiro atoms. The Labute approximate surface area is 177 Å². The number of primary amides is 1. The van der Waals surface area contributed by atoms with E-state index >= 15 is 0 Å². The van der Waals surface area contributed by atoms with E-state index in [2.05, 4.69) is 15.3 Å². The maximum absolute atomic E-state index is 12.5. The second-order valence-corrected chi connectivity index (χ2v) is 8.58. The molecule has 30 heavy (non-hydrogen) atoms. The number of aromatic nitrogens is 5. The van der Waals surface area contributed by atoms with Gasteiger partial charge in [-0.3, -0.25) is 13.9 Å². The fraction of sp³-hybridized carbons (Fsp3) is 0.421. The molecule has 0 fully saturated rings. The summed E-state index contributed by atoms with van der Waals surface area (Å²) in [6.45, 7) is 8.20. The first-order valence-corrected chi connectivity index (χ1v) is 9.81. The average Bonchev–Trinajstić information content (AvgIpc) is 3.21. The Balaban J connectivity index is 1.77. The number of amides is 2. The summed E-state index contributed by atoms with van der Waals surface area (Å²) in [6.07, 6.45) is 1.32. The second-order valence-electron chi connectivity index (χ2n) is 8.18. The van der Waals surface area contributed by atoms with Gasteiger partial charge in [0, 0.05) is 18.3 Å². The predicted molar refractivity (Wildman–Crippen MR) is 109 cm³/mol.